The van der Waals surface area contributed by atoms with E-state index in [4.69, 9.17) is 0 Å². The Hall–Kier alpha value is -2.42. The Kier molecular flexibility index (Phi) is 8.45. The largest absolute Gasteiger partial charge is 0.416 e. The van der Waals surface area contributed by atoms with E-state index in [1.54, 1.807) is 6.07 Å². The van der Waals surface area contributed by atoms with Gasteiger partial charge in [0.05, 0.1) is 5.56 Å². The van der Waals surface area contributed by atoms with Gasteiger partial charge in [-0.05, 0) is 35.5 Å². The maximum absolute atomic E-state index is 12.2. The zero-order chi connectivity index (χ0) is 22.1. The maximum Gasteiger partial charge on any atom is 0.416 e. The van der Waals surface area contributed by atoms with Gasteiger partial charge < -0.3 is 0 Å². The number of halogens is 4. The minimum absolute atomic E-state index is 0.225. The predicted molar refractivity (Wildman–Crippen MR) is 129 cm³/mol. The highest BCUT2D eigenvalue weighted by molar-refractivity contribution is 9.08. The number of hydrogen-bond acceptors (Lipinski definition) is 0. The molecule has 0 nitrogen and oxygen atoms in total. The van der Waals surface area contributed by atoms with Gasteiger partial charge in [-0.1, -0.05) is 125 Å². The van der Waals surface area contributed by atoms with Gasteiger partial charge in [0.1, 0.15) is 0 Å². The lowest BCUT2D eigenvalue weighted by Crippen LogP contribution is -2.20. The number of benzene rings is 4. The molecule has 4 aromatic carbocycles. The van der Waals surface area contributed by atoms with Gasteiger partial charge in [-0.3, -0.25) is 0 Å². The van der Waals surface area contributed by atoms with Crippen LogP contribution in [-0.4, -0.2) is 0 Å². The van der Waals surface area contributed by atoms with Gasteiger partial charge in [0.15, 0.2) is 0 Å². The highest BCUT2D eigenvalue weighted by atomic mass is 79.9. The monoisotopic (exact) mass is 500 g/mol. The van der Waals surface area contributed by atoms with Crippen LogP contribution in [0.5, 0.6) is 0 Å². The van der Waals surface area contributed by atoms with Crippen LogP contribution in [0.2, 0.25) is 0 Å². The highest BCUT2D eigenvalue weighted by Gasteiger charge is 2.32. The third kappa shape index (κ3) is 6.53. The molecule has 0 saturated heterocycles. The molecule has 0 aromatic heterocycles. The molecular weight excluding hydrogens is 480 g/mol. The van der Waals surface area contributed by atoms with Gasteiger partial charge in [0.2, 0.25) is 0 Å². The Balaban J connectivity index is 0.000000196. The maximum atomic E-state index is 12.2. The molecule has 0 N–H and O–H groups in total. The first kappa shape index (κ1) is 23.2. The number of rotatable bonds is 4. The van der Waals surface area contributed by atoms with Gasteiger partial charge in [-0.15, -0.1) is 0 Å². The van der Waals surface area contributed by atoms with Crippen LogP contribution < -0.4 is 15.9 Å². The van der Waals surface area contributed by atoms with Crippen molar-refractivity contribution < 1.29 is 13.2 Å². The lowest BCUT2D eigenvalue weighted by molar-refractivity contribution is -0.138. The van der Waals surface area contributed by atoms with Crippen molar-refractivity contribution in [3.8, 4) is 0 Å². The summed E-state index contributed by atoms with van der Waals surface area (Å²) in [6.45, 7) is 0. The van der Waals surface area contributed by atoms with Crippen molar-refractivity contribution in [2.45, 2.75) is 11.5 Å². The van der Waals surface area contributed by atoms with E-state index >= 15 is 0 Å². The van der Waals surface area contributed by atoms with E-state index in [-0.39, 0.29) is 10.9 Å². The van der Waals surface area contributed by atoms with E-state index in [1.165, 1.54) is 28.0 Å². The fourth-order valence-electron chi connectivity index (χ4n) is 3.09. The Labute approximate surface area is 190 Å². The Morgan fingerprint density at radius 2 is 0.903 bits per heavy atom. The van der Waals surface area contributed by atoms with E-state index in [1.807, 2.05) is 0 Å². The zero-order valence-corrected chi connectivity index (χ0v) is 19.1. The van der Waals surface area contributed by atoms with Crippen molar-refractivity contribution in [1.82, 2.24) is 0 Å². The van der Waals surface area contributed by atoms with Crippen molar-refractivity contribution in [3.63, 3.8) is 0 Å². The smallest absolute Gasteiger partial charge is 0.166 e. The van der Waals surface area contributed by atoms with Crippen LogP contribution in [0.4, 0.5) is 13.2 Å². The summed E-state index contributed by atoms with van der Waals surface area (Å²) in [4.78, 5) is 0. The first-order valence-electron chi connectivity index (χ1n) is 9.67. The van der Waals surface area contributed by atoms with Crippen LogP contribution in [0, 0.1) is 0 Å². The molecule has 0 amide bonds. The van der Waals surface area contributed by atoms with Crippen LogP contribution in [0.1, 0.15) is 11.1 Å². The molecule has 0 radical (unpaired) electrons. The predicted octanol–water partition coefficient (Wildman–Crippen LogP) is 7.05. The summed E-state index contributed by atoms with van der Waals surface area (Å²) >= 11 is 3.00. The molecule has 0 unspecified atom stereocenters. The molecule has 0 aliphatic carbocycles. The molecule has 4 aromatic rings. The van der Waals surface area contributed by atoms with Crippen molar-refractivity contribution in [3.05, 3.63) is 126 Å². The average Bonchev–Trinajstić information content (AvgIpc) is 2.81. The van der Waals surface area contributed by atoms with Crippen molar-refractivity contribution in [2.24, 2.45) is 0 Å². The highest BCUT2D eigenvalue weighted by Crippen LogP contribution is 2.33. The summed E-state index contributed by atoms with van der Waals surface area (Å²) in [6, 6.07) is 37.8. The average molecular weight is 501 g/mol. The standard InChI is InChI=1S/C18H15P.C8H6BrF3/c1-4-10-16(11-5-1)19(17-12-6-2-7-13-17)18-14-8-3-9-15-18;9-5-6-3-1-2-4-7(6)8(10,11)12/h1-15H;1-4H,5H2. The van der Waals surface area contributed by atoms with E-state index in [2.05, 4.69) is 107 Å². The first-order chi connectivity index (χ1) is 15.0. The van der Waals surface area contributed by atoms with E-state index in [0.29, 0.717) is 0 Å². The fourth-order valence-corrected chi connectivity index (χ4v) is 5.89. The quantitative estimate of drug-likeness (QED) is 0.208. The van der Waals surface area contributed by atoms with Gasteiger partial charge >= 0.3 is 6.18 Å². The van der Waals surface area contributed by atoms with Crippen LogP contribution in [0.3, 0.4) is 0 Å². The summed E-state index contributed by atoms with van der Waals surface area (Å²) in [5.41, 5.74) is -0.299. The third-order valence-electron chi connectivity index (χ3n) is 4.51. The van der Waals surface area contributed by atoms with Crippen molar-refractivity contribution >= 4 is 39.8 Å². The molecule has 0 fully saturated rings. The second kappa shape index (κ2) is 11.3. The van der Waals surface area contributed by atoms with Crippen LogP contribution in [-0.2, 0) is 11.5 Å². The molecule has 0 aliphatic heterocycles. The van der Waals surface area contributed by atoms with Gasteiger partial charge in [0, 0.05) is 5.33 Å². The number of alkyl halides is 4. The number of hydrogen-bond donors (Lipinski definition) is 0. The second-order valence-electron chi connectivity index (χ2n) is 6.63. The van der Waals surface area contributed by atoms with Gasteiger partial charge in [-0.2, -0.15) is 13.2 Å². The molecule has 0 spiro atoms. The lowest BCUT2D eigenvalue weighted by atomic mass is 10.1. The van der Waals surface area contributed by atoms with Gasteiger partial charge in [-0.25, -0.2) is 0 Å². The van der Waals surface area contributed by atoms with Crippen LogP contribution in [0.25, 0.3) is 0 Å². The normalized spacial score (nSPS) is 11.0. The molecule has 0 bridgehead atoms. The second-order valence-corrected chi connectivity index (χ2v) is 9.41. The van der Waals surface area contributed by atoms with E-state index in [9.17, 15) is 13.2 Å². The fraction of sp³-hybridized carbons (Fsp3) is 0.0769. The molecule has 31 heavy (non-hydrogen) atoms. The Morgan fingerprint density at radius 1 is 0.548 bits per heavy atom. The molecule has 0 aliphatic rings. The van der Waals surface area contributed by atoms with Crippen LogP contribution in [0.15, 0.2) is 115 Å². The SMILES string of the molecule is FC(F)(F)c1ccccc1CBr.c1ccc(P(c2ccccc2)c2ccccc2)cc1. The third-order valence-corrected chi connectivity index (χ3v) is 7.56. The minimum atomic E-state index is -4.25. The lowest BCUT2D eigenvalue weighted by Gasteiger charge is -2.18. The molecular formula is C26H21BrF3P. The summed E-state index contributed by atoms with van der Waals surface area (Å²) < 4.78 is 36.6. The molecule has 0 saturated carbocycles. The molecule has 4 rings (SSSR count). The Morgan fingerprint density at radius 3 is 1.23 bits per heavy atom. The molecule has 5 heteroatoms. The Bertz CT molecular complexity index is 958. The molecule has 0 atom stereocenters. The van der Waals surface area contributed by atoms with E-state index < -0.39 is 19.7 Å². The van der Waals surface area contributed by atoms with Crippen LogP contribution >= 0.6 is 23.9 Å². The summed E-state index contributed by atoms with van der Waals surface area (Å²) in [6.07, 6.45) is -4.25. The molecule has 158 valence electrons. The summed E-state index contributed by atoms with van der Waals surface area (Å²) in [5.74, 6) is 0. The molecule has 0 heterocycles. The zero-order valence-electron chi connectivity index (χ0n) is 16.6. The summed E-state index contributed by atoms with van der Waals surface area (Å²) in [7, 11) is -0.446. The minimum Gasteiger partial charge on any atom is -0.166 e. The summed E-state index contributed by atoms with van der Waals surface area (Å²) in [5, 5.41) is 4.42. The topological polar surface area (TPSA) is 0 Å². The van der Waals surface area contributed by atoms with Crippen molar-refractivity contribution in [1.29, 1.82) is 0 Å². The van der Waals surface area contributed by atoms with E-state index in [0.717, 1.165) is 6.07 Å². The van der Waals surface area contributed by atoms with Crippen molar-refractivity contribution in [2.75, 3.05) is 0 Å². The van der Waals surface area contributed by atoms with Gasteiger partial charge in [0.25, 0.3) is 0 Å². The first-order valence-corrected chi connectivity index (χ1v) is 12.1.